The topological polar surface area (TPSA) is 77.4 Å². The second-order valence-electron chi connectivity index (χ2n) is 5.23. The van der Waals surface area contributed by atoms with Crippen LogP contribution in [0.5, 0.6) is 0 Å². The molecule has 1 aromatic carbocycles. The van der Waals surface area contributed by atoms with Gasteiger partial charge >= 0.3 is 0 Å². The van der Waals surface area contributed by atoms with Crippen LogP contribution in [-0.4, -0.2) is 17.2 Å². The van der Waals surface area contributed by atoms with Gasteiger partial charge < -0.3 is 9.90 Å². The van der Waals surface area contributed by atoms with Gasteiger partial charge in [-0.05, 0) is 17.0 Å². The average Bonchev–Trinajstić information content (AvgIpc) is 2.54. The summed E-state index contributed by atoms with van der Waals surface area (Å²) in [6.45, 7) is 4.22. The van der Waals surface area contributed by atoms with Gasteiger partial charge in [-0.25, -0.2) is 4.98 Å². The van der Waals surface area contributed by atoms with E-state index < -0.39 is 11.7 Å². The normalized spacial score (nSPS) is 11.2. The molecule has 0 aliphatic heterocycles. The molecule has 0 bridgehead atoms. The molecule has 8 heteroatoms. The lowest BCUT2D eigenvalue weighted by molar-refractivity contribution is -0.255. The number of carbonyl (C=O) groups is 1. The zero-order valence-corrected chi connectivity index (χ0v) is 15.1. The smallest absolute Gasteiger partial charge is 0.150 e. The maximum atomic E-state index is 11.0. The van der Waals surface area contributed by atoms with E-state index in [1.54, 1.807) is 6.21 Å². The Morgan fingerprint density at radius 2 is 1.83 bits per heavy atom. The second-order valence-corrected chi connectivity index (χ2v) is 6.35. The number of carboxylic acids is 1. The van der Waals surface area contributed by atoms with E-state index in [9.17, 15) is 9.90 Å². The molecule has 0 amide bonds. The monoisotopic (exact) mass is 384 g/mol. The Labute approximate surface area is 154 Å². The quantitative estimate of drug-likeness (QED) is 0.480. The van der Waals surface area contributed by atoms with Gasteiger partial charge in [-0.1, -0.05) is 72.9 Å². The number of halogens is 3. The first-order valence-electron chi connectivity index (χ1n) is 6.96. The van der Waals surface area contributed by atoms with Crippen molar-refractivity contribution >= 4 is 52.7 Å². The summed E-state index contributed by atoms with van der Waals surface area (Å²) in [7, 11) is 0. The van der Waals surface area contributed by atoms with Crippen molar-refractivity contribution in [1.82, 2.24) is 4.98 Å². The van der Waals surface area contributed by atoms with Gasteiger partial charge in [-0.15, -0.1) is 0 Å². The Bertz CT molecular complexity index is 790. The first-order chi connectivity index (χ1) is 11.3. The summed E-state index contributed by atoms with van der Waals surface area (Å²) < 4.78 is 0. The third-order valence-corrected chi connectivity index (χ3v) is 4.33. The predicted molar refractivity (Wildman–Crippen MR) is 95.3 cm³/mol. The number of anilines is 1. The van der Waals surface area contributed by atoms with E-state index in [1.165, 1.54) is 5.56 Å². The van der Waals surface area contributed by atoms with Gasteiger partial charge in [-0.2, -0.15) is 5.10 Å². The molecular formula is C16H13Cl3N3O2-. The molecule has 1 heterocycles. The molecule has 5 nitrogen and oxygen atoms in total. The Morgan fingerprint density at radius 1 is 1.21 bits per heavy atom. The standard InChI is InChI=1S/C16H14Cl3N3O2/c1-8(2)10-5-3-9(4-6-10)7-20-22-13-11(17)14(16(23)24)21-15(19)12(13)18/h3-8H,1-2H3,(H,21,22)(H,23,24)/p-1/b20-7-. The number of hydrogen-bond acceptors (Lipinski definition) is 5. The molecular weight excluding hydrogens is 373 g/mol. The van der Waals surface area contributed by atoms with Crippen molar-refractivity contribution < 1.29 is 9.90 Å². The molecule has 0 spiro atoms. The third kappa shape index (κ3) is 4.17. The zero-order chi connectivity index (χ0) is 17.9. The highest BCUT2D eigenvalue weighted by Gasteiger charge is 2.16. The number of nitrogens with zero attached hydrogens (tertiary/aromatic N) is 2. The van der Waals surface area contributed by atoms with Crippen molar-refractivity contribution in [2.75, 3.05) is 5.43 Å². The maximum Gasteiger partial charge on any atom is 0.150 e. The summed E-state index contributed by atoms with van der Waals surface area (Å²) in [6.07, 6.45) is 1.55. The second kappa shape index (κ2) is 7.83. The molecule has 0 atom stereocenters. The van der Waals surface area contributed by atoms with Gasteiger partial charge in [0.15, 0.2) is 5.15 Å². The van der Waals surface area contributed by atoms with E-state index in [0.29, 0.717) is 5.92 Å². The average molecular weight is 386 g/mol. The van der Waals surface area contributed by atoms with Crippen molar-refractivity contribution in [3.63, 3.8) is 0 Å². The number of aromatic nitrogens is 1. The van der Waals surface area contributed by atoms with Gasteiger partial charge in [0.1, 0.15) is 10.7 Å². The number of pyridine rings is 1. The minimum Gasteiger partial charge on any atom is -0.543 e. The number of hydrogen-bond donors (Lipinski definition) is 1. The molecule has 2 rings (SSSR count). The molecule has 1 N–H and O–H groups in total. The Kier molecular flexibility index (Phi) is 6.04. The van der Waals surface area contributed by atoms with Crippen LogP contribution >= 0.6 is 34.8 Å². The molecule has 2 aromatic rings. The fraction of sp³-hybridized carbons (Fsp3) is 0.188. The molecule has 0 saturated carbocycles. The third-order valence-electron chi connectivity index (χ3n) is 3.22. The fourth-order valence-electron chi connectivity index (χ4n) is 1.89. The molecule has 0 unspecified atom stereocenters. The SMILES string of the molecule is CC(C)c1ccc(/C=N\Nc2c(Cl)c(Cl)nc(C(=O)[O-])c2Cl)cc1. The molecule has 0 aliphatic carbocycles. The molecule has 0 fully saturated rings. The van der Waals surface area contributed by atoms with Crippen LogP contribution in [0, 0.1) is 0 Å². The van der Waals surface area contributed by atoms with Gasteiger partial charge in [0.05, 0.1) is 22.9 Å². The van der Waals surface area contributed by atoms with Gasteiger partial charge in [0.2, 0.25) is 0 Å². The number of aromatic carboxylic acids is 1. The van der Waals surface area contributed by atoms with Crippen LogP contribution in [0.25, 0.3) is 0 Å². The summed E-state index contributed by atoms with van der Waals surface area (Å²) in [5, 5.41) is 14.5. The Morgan fingerprint density at radius 3 is 2.38 bits per heavy atom. The lowest BCUT2D eigenvalue weighted by atomic mass is 10.0. The Balaban J connectivity index is 2.24. The van der Waals surface area contributed by atoms with E-state index in [1.807, 2.05) is 24.3 Å². The number of benzene rings is 1. The highest BCUT2D eigenvalue weighted by molar-refractivity contribution is 6.46. The summed E-state index contributed by atoms with van der Waals surface area (Å²) in [4.78, 5) is 14.6. The fourth-order valence-corrected chi connectivity index (χ4v) is 2.55. The van der Waals surface area contributed by atoms with Crippen LogP contribution in [0.15, 0.2) is 29.4 Å². The largest absolute Gasteiger partial charge is 0.543 e. The molecule has 24 heavy (non-hydrogen) atoms. The van der Waals surface area contributed by atoms with Crippen LogP contribution < -0.4 is 10.5 Å². The van der Waals surface area contributed by atoms with E-state index in [-0.39, 0.29) is 20.9 Å². The number of carboxylic acid groups (broad SMARTS) is 1. The zero-order valence-electron chi connectivity index (χ0n) is 12.8. The summed E-state index contributed by atoms with van der Waals surface area (Å²) in [5.74, 6) is -1.12. The van der Waals surface area contributed by atoms with Crippen LogP contribution in [0.1, 0.15) is 41.4 Å². The number of nitrogens with one attached hydrogen (secondary N) is 1. The predicted octanol–water partition coefficient (Wildman–Crippen LogP) is 3.97. The Hall–Kier alpha value is -1.82. The van der Waals surface area contributed by atoms with E-state index in [2.05, 4.69) is 29.4 Å². The van der Waals surface area contributed by atoms with Crippen LogP contribution in [-0.2, 0) is 0 Å². The molecule has 0 radical (unpaired) electrons. The van der Waals surface area contributed by atoms with Crippen LogP contribution in [0.3, 0.4) is 0 Å². The first kappa shape index (κ1) is 18.5. The number of rotatable bonds is 5. The summed E-state index contributed by atoms with van der Waals surface area (Å²) in [6, 6.07) is 7.83. The maximum absolute atomic E-state index is 11.0. The van der Waals surface area contributed by atoms with Gasteiger partial charge in [0.25, 0.3) is 0 Å². The van der Waals surface area contributed by atoms with Crippen LogP contribution in [0.2, 0.25) is 15.2 Å². The van der Waals surface area contributed by atoms with Gasteiger partial charge in [-0.3, -0.25) is 5.43 Å². The number of hydrazone groups is 1. The van der Waals surface area contributed by atoms with Gasteiger partial charge in [0, 0.05) is 0 Å². The number of carbonyl (C=O) groups excluding carboxylic acids is 1. The molecule has 126 valence electrons. The first-order valence-corrected chi connectivity index (χ1v) is 8.09. The van der Waals surface area contributed by atoms with E-state index >= 15 is 0 Å². The molecule has 0 aliphatic rings. The van der Waals surface area contributed by atoms with Crippen molar-refractivity contribution in [3.05, 3.63) is 56.3 Å². The molecule has 1 aromatic heterocycles. The van der Waals surface area contributed by atoms with E-state index in [0.717, 1.165) is 5.56 Å². The lowest BCUT2D eigenvalue weighted by Gasteiger charge is -2.12. The highest BCUT2D eigenvalue weighted by Crippen LogP contribution is 2.36. The van der Waals surface area contributed by atoms with Crippen molar-refractivity contribution in [3.8, 4) is 0 Å². The minimum absolute atomic E-state index is 0.0287. The minimum atomic E-state index is -1.56. The van der Waals surface area contributed by atoms with E-state index in [4.69, 9.17) is 34.8 Å². The van der Waals surface area contributed by atoms with Crippen molar-refractivity contribution in [2.24, 2.45) is 5.10 Å². The van der Waals surface area contributed by atoms with Crippen molar-refractivity contribution in [1.29, 1.82) is 0 Å². The molecule has 0 saturated heterocycles. The summed E-state index contributed by atoms with van der Waals surface area (Å²) in [5.41, 5.74) is 4.19. The highest BCUT2D eigenvalue weighted by atomic mass is 35.5. The lowest BCUT2D eigenvalue weighted by Crippen LogP contribution is -2.24. The van der Waals surface area contributed by atoms with Crippen LogP contribution in [0.4, 0.5) is 5.69 Å². The van der Waals surface area contributed by atoms with Crippen molar-refractivity contribution in [2.45, 2.75) is 19.8 Å². The summed E-state index contributed by atoms with van der Waals surface area (Å²) >= 11 is 17.7.